The predicted octanol–water partition coefficient (Wildman–Crippen LogP) is 16.3. The topological polar surface area (TPSA) is 26.3 Å². The van der Waals surface area contributed by atoms with E-state index in [1.54, 1.807) is 0 Å². The molecule has 58 heavy (non-hydrogen) atoms. The lowest BCUT2D eigenvalue weighted by molar-refractivity contribution is 0.669. The van der Waals surface area contributed by atoms with Crippen molar-refractivity contribution < 1.29 is 8.83 Å². The van der Waals surface area contributed by atoms with Crippen molar-refractivity contribution >= 4 is 97.7 Å². The van der Waals surface area contributed by atoms with E-state index < -0.39 is 0 Å². The molecule has 2 heterocycles. The molecule has 13 rings (SSSR count). The molecule has 2 aromatic heterocycles. The van der Waals surface area contributed by atoms with E-state index in [2.05, 4.69) is 182 Å². The summed E-state index contributed by atoms with van der Waals surface area (Å²) in [5.74, 6) is 0. The molecule has 13 aromatic rings. The lowest BCUT2D eigenvalue weighted by Gasteiger charge is -2.19. The third kappa shape index (κ3) is 4.48. The van der Waals surface area contributed by atoms with E-state index in [4.69, 9.17) is 8.83 Å². The minimum Gasteiger partial charge on any atom is -0.456 e. The molecule has 11 aromatic carbocycles. The van der Waals surface area contributed by atoms with Crippen LogP contribution in [0.3, 0.4) is 0 Å². The van der Waals surface area contributed by atoms with Gasteiger partial charge in [0.15, 0.2) is 0 Å². The lowest BCUT2D eigenvalue weighted by atomic mass is 9.84. The van der Waals surface area contributed by atoms with Crippen molar-refractivity contribution in [1.82, 2.24) is 0 Å². The zero-order valence-electron chi connectivity index (χ0n) is 31.3. The molecule has 0 aliphatic rings. The van der Waals surface area contributed by atoms with Gasteiger partial charge in [0.2, 0.25) is 0 Å². The standard InChI is InChI=1S/C56H32O2/c1-2-12-39-33(10-1)11-9-18-41(39)54-44-16-5-3-14-42(44)53(43-15-4-6-17-45(43)54)38-23-22-34-30-35(20-21-36(34)31-38)37-24-25-49-52(32-37)57-51-29-28-48-46(55(49)51)26-27-47-40-13-7-8-19-50(40)58-56(47)48/h1-32H. The normalized spacial score (nSPS) is 12.1. The minimum atomic E-state index is 0.880. The predicted molar refractivity (Wildman–Crippen MR) is 245 cm³/mol. The van der Waals surface area contributed by atoms with E-state index in [1.807, 2.05) is 12.1 Å². The number of para-hydroxylation sites is 1. The van der Waals surface area contributed by atoms with Gasteiger partial charge in [0.05, 0.1) is 0 Å². The van der Waals surface area contributed by atoms with Crippen LogP contribution in [0.1, 0.15) is 0 Å². The molecule has 0 N–H and O–H groups in total. The Morgan fingerprint density at radius 1 is 0.259 bits per heavy atom. The molecule has 2 nitrogen and oxygen atoms in total. The van der Waals surface area contributed by atoms with Crippen LogP contribution in [0, 0.1) is 0 Å². The van der Waals surface area contributed by atoms with Crippen molar-refractivity contribution in [3.63, 3.8) is 0 Å². The van der Waals surface area contributed by atoms with Crippen LogP contribution in [0.25, 0.3) is 131 Å². The maximum absolute atomic E-state index is 6.54. The number of benzene rings is 11. The van der Waals surface area contributed by atoms with Gasteiger partial charge >= 0.3 is 0 Å². The molecule has 0 fully saturated rings. The van der Waals surface area contributed by atoms with E-state index in [1.165, 1.54) is 65.3 Å². The molecule has 268 valence electrons. The summed E-state index contributed by atoms with van der Waals surface area (Å²) in [7, 11) is 0. The van der Waals surface area contributed by atoms with Crippen LogP contribution >= 0.6 is 0 Å². The summed E-state index contributed by atoms with van der Waals surface area (Å²) in [6.07, 6.45) is 0. The molecule has 0 radical (unpaired) electrons. The monoisotopic (exact) mass is 736 g/mol. The highest BCUT2D eigenvalue weighted by atomic mass is 16.3. The Labute approximate surface area is 332 Å². The molecule has 2 heteroatoms. The highest BCUT2D eigenvalue weighted by molar-refractivity contribution is 6.26. The quantitative estimate of drug-likeness (QED) is 0.169. The highest BCUT2D eigenvalue weighted by Crippen LogP contribution is 2.46. The number of hydrogen-bond donors (Lipinski definition) is 0. The summed E-state index contributed by atoms with van der Waals surface area (Å²) < 4.78 is 12.9. The summed E-state index contributed by atoms with van der Waals surface area (Å²) in [6, 6.07) is 70.4. The smallest absolute Gasteiger partial charge is 0.143 e. The maximum Gasteiger partial charge on any atom is 0.143 e. The first kappa shape index (κ1) is 31.5. The van der Waals surface area contributed by atoms with Crippen molar-refractivity contribution in [2.45, 2.75) is 0 Å². The van der Waals surface area contributed by atoms with E-state index in [0.29, 0.717) is 0 Å². The number of furan rings is 2. The maximum atomic E-state index is 6.54. The van der Waals surface area contributed by atoms with Gasteiger partial charge in [-0.2, -0.15) is 0 Å². The van der Waals surface area contributed by atoms with Gasteiger partial charge in [0, 0.05) is 26.9 Å². The zero-order valence-corrected chi connectivity index (χ0v) is 31.3. The van der Waals surface area contributed by atoms with Crippen molar-refractivity contribution in [2.24, 2.45) is 0 Å². The molecule has 0 bridgehead atoms. The Hall–Kier alpha value is -7.68. The molecule has 0 aliphatic carbocycles. The molecular formula is C56H32O2. The van der Waals surface area contributed by atoms with Crippen LogP contribution in [-0.2, 0) is 0 Å². The van der Waals surface area contributed by atoms with Gasteiger partial charge in [-0.15, -0.1) is 0 Å². The van der Waals surface area contributed by atoms with E-state index in [0.717, 1.165) is 65.8 Å². The SMILES string of the molecule is c1ccc2c(-c3c4ccccc4c(-c4ccc5cc(-c6ccc7c(c6)oc6ccc8c(ccc9c%10ccccc%10oc98)c67)ccc5c4)c4ccccc34)cccc2c1. The Morgan fingerprint density at radius 2 is 0.810 bits per heavy atom. The second-order valence-electron chi connectivity index (χ2n) is 15.5. The summed E-state index contributed by atoms with van der Waals surface area (Å²) in [6.45, 7) is 0. The van der Waals surface area contributed by atoms with Gasteiger partial charge < -0.3 is 8.83 Å². The molecule has 0 amide bonds. The molecule has 0 atom stereocenters. The lowest BCUT2D eigenvalue weighted by Crippen LogP contribution is -1.91. The minimum absolute atomic E-state index is 0.880. The Morgan fingerprint density at radius 3 is 1.60 bits per heavy atom. The van der Waals surface area contributed by atoms with Crippen LogP contribution < -0.4 is 0 Å². The van der Waals surface area contributed by atoms with Gasteiger partial charge in [-0.1, -0.05) is 146 Å². The van der Waals surface area contributed by atoms with Gasteiger partial charge in [-0.3, -0.25) is 0 Å². The fourth-order valence-electron chi connectivity index (χ4n) is 9.80. The largest absolute Gasteiger partial charge is 0.456 e. The van der Waals surface area contributed by atoms with Gasteiger partial charge in [0.1, 0.15) is 22.3 Å². The van der Waals surface area contributed by atoms with E-state index in [9.17, 15) is 0 Å². The van der Waals surface area contributed by atoms with Crippen LogP contribution in [0.15, 0.2) is 203 Å². The van der Waals surface area contributed by atoms with Crippen molar-refractivity contribution in [3.05, 3.63) is 194 Å². The molecule has 0 saturated carbocycles. The summed E-state index contributed by atoms with van der Waals surface area (Å²) >= 11 is 0. The third-order valence-electron chi connectivity index (χ3n) is 12.4. The number of rotatable bonds is 3. The Balaban J connectivity index is 0.929. The van der Waals surface area contributed by atoms with Crippen LogP contribution in [0.2, 0.25) is 0 Å². The zero-order chi connectivity index (χ0) is 37.9. The van der Waals surface area contributed by atoms with Gasteiger partial charge in [0.25, 0.3) is 0 Å². The molecule has 0 aliphatic heterocycles. The molecule has 0 saturated heterocycles. The van der Waals surface area contributed by atoms with Crippen LogP contribution in [-0.4, -0.2) is 0 Å². The van der Waals surface area contributed by atoms with Crippen molar-refractivity contribution in [2.75, 3.05) is 0 Å². The van der Waals surface area contributed by atoms with Crippen LogP contribution in [0.5, 0.6) is 0 Å². The fraction of sp³-hybridized carbons (Fsp3) is 0. The average molecular weight is 737 g/mol. The van der Waals surface area contributed by atoms with E-state index in [-0.39, 0.29) is 0 Å². The van der Waals surface area contributed by atoms with Gasteiger partial charge in [-0.25, -0.2) is 0 Å². The fourth-order valence-corrected chi connectivity index (χ4v) is 9.80. The number of fused-ring (bicyclic) bond motifs is 13. The summed E-state index contributed by atoms with van der Waals surface area (Å²) in [5.41, 5.74) is 10.9. The average Bonchev–Trinajstić information content (AvgIpc) is 3.86. The first-order chi connectivity index (χ1) is 28.7. The number of hydrogen-bond acceptors (Lipinski definition) is 2. The second-order valence-corrected chi connectivity index (χ2v) is 15.5. The van der Waals surface area contributed by atoms with E-state index >= 15 is 0 Å². The third-order valence-corrected chi connectivity index (χ3v) is 12.4. The van der Waals surface area contributed by atoms with Crippen molar-refractivity contribution in [1.29, 1.82) is 0 Å². The molecule has 0 spiro atoms. The highest BCUT2D eigenvalue weighted by Gasteiger charge is 2.19. The second kappa shape index (κ2) is 11.9. The van der Waals surface area contributed by atoms with Crippen molar-refractivity contribution in [3.8, 4) is 33.4 Å². The first-order valence-corrected chi connectivity index (χ1v) is 19.9. The molecule has 0 unspecified atom stereocenters. The Bertz CT molecular complexity index is 3800. The molecular weight excluding hydrogens is 705 g/mol. The summed E-state index contributed by atoms with van der Waals surface area (Å²) in [4.78, 5) is 0. The Kier molecular flexibility index (Phi) is 6.47. The van der Waals surface area contributed by atoms with Gasteiger partial charge in [-0.05, 0) is 130 Å². The first-order valence-electron chi connectivity index (χ1n) is 19.9. The van der Waals surface area contributed by atoms with Crippen LogP contribution in [0.4, 0.5) is 0 Å². The summed E-state index contributed by atoms with van der Waals surface area (Å²) in [5, 5.41) is 16.7.